The standard InChI is InChI=1S/C23H37NO6Si/c1-8-19-15-20(30-31(29-19,22(2,3)4)23(5,6)7)13-18(25)14-21(26)16-9-11-17(12-10-16)24(27)28/h9-12,19-21,26H,8,13-15H2,1-7H3/t19-,20+,21+/m1/s1. The van der Waals surface area contributed by atoms with Crippen LogP contribution in [-0.2, 0) is 13.6 Å². The zero-order valence-corrected chi connectivity index (χ0v) is 20.8. The van der Waals surface area contributed by atoms with Gasteiger partial charge in [0.15, 0.2) is 0 Å². The van der Waals surface area contributed by atoms with Gasteiger partial charge in [0.1, 0.15) is 5.78 Å². The highest BCUT2D eigenvalue weighted by atomic mass is 28.4. The Morgan fingerprint density at radius 1 is 1.13 bits per heavy atom. The summed E-state index contributed by atoms with van der Waals surface area (Å²) in [5, 5.41) is 20.9. The van der Waals surface area contributed by atoms with Crippen molar-refractivity contribution < 1.29 is 23.7 Å². The van der Waals surface area contributed by atoms with Crippen LogP contribution < -0.4 is 0 Å². The van der Waals surface area contributed by atoms with E-state index < -0.39 is 19.6 Å². The lowest BCUT2D eigenvalue weighted by Gasteiger charge is -2.55. The van der Waals surface area contributed by atoms with Crippen LogP contribution >= 0.6 is 0 Å². The van der Waals surface area contributed by atoms with Gasteiger partial charge < -0.3 is 14.0 Å². The molecule has 0 bridgehead atoms. The van der Waals surface area contributed by atoms with E-state index in [1.54, 1.807) is 0 Å². The van der Waals surface area contributed by atoms with E-state index in [0.29, 0.717) is 12.0 Å². The van der Waals surface area contributed by atoms with Crippen molar-refractivity contribution >= 4 is 20.0 Å². The van der Waals surface area contributed by atoms with E-state index in [4.69, 9.17) is 8.85 Å². The number of nitro benzene ring substituents is 1. The van der Waals surface area contributed by atoms with Crippen molar-refractivity contribution in [3.8, 4) is 0 Å². The van der Waals surface area contributed by atoms with Crippen molar-refractivity contribution in [2.24, 2.45) is 0 Å². The molecule has 1 heterocycles. The van der Waals surface area contributed by atoms with Gasteiger partial charge in [-0.25, -0.2) is 0 Å². The van der Waals surface area contributed by atoms with Gasteiger partial charge in [0.25, 0.3) is 5.69 Å². The lowest BCUT2D eigenvalue weighted by atomic mass is 9.99. The van der Waals surface area contributed by atoms with Crippen LogP contribution in [-0.4, -0.2) is 36.6 Å². The molecule has 2 rings (SSSR count). The van der Waals surface area contributed by atoms with E-state index in [-0.39, 0.29) is 46.6 Å². The van der Waals surface area contributed by atoms with Crippen molar-refractivity contribution in [2.45, 2.75) is 103 Å². The highest BCUT2D eigenvalue weighted by Gasteiger charge is 2.61. The molecule has 0 aliphatic carbocycles. The van der Waals surface area contributed by atoms with Crippen LogP contribution in [0.2, 0.25) is 10.1 Å². The fraction of sp³-hybridized carbons (Fsp3) is 0.696. The van der Waals surface area contributed by atoms with Gasteiger partial charge in [-0.05, 0) is 30.5 Å². The third-order valence-electron chi connectivity index (χ3n) is 5.99. The number of rotatable bonds is 7. The second-order valence-electron chi connectivity index (χ2n) is 10.6. The number of aliphatic hydroxyl groups is 1. The SMILES string of the molecule is CC[C@@H]1C[C@H](CC(=O)C[C@H](O)c2ccc([N+](=O)[O-])cc2)O[Si](C(C)(C)C)(C(C)(C)C)O1. The van der Waals surface area contributed by atoms with Gasteiger partial charge in [0.05, 0.1) is 17.1 Å². The molecule has 0 unspecified atom stereocenters. The number of nitro groups is 1. The maximum atomic E-state index is 12.8. The Kier molecular flexibility index (Phi) is 7.84. The summed E-state index contributed by atoms with van der Waals surface area (Å²) in [7, 11) is -2.70. The monoisotopic (exact) mass is 451 g/mol. The molecule has 3 atom stereocenters. The van der Waals surface area contributed by atoms with Gasteiger partial charge in [0.2, 0.25) is 0 Å². The number of nitrogens with zero attached hydrogens (tertiary/aromatic N) is 1. The zero-order valence-electron chi connectivity index (χ0n) is 19.8. The molecule has 8 heteroatoms. The predicted octanol–water partition coefficient (Wildman–Crippen LogP) is 5.60. The second-order valence-corrected chi connectivity index (χ2v) is 15.3. The molecule has 0 aromatic heterocycles. The summed E-state index contributed by atoms with van der Waals surface area (Å²) in [6.45, 7) is 15.0. The fourth-order valence-electron chi connectivity index (χ4n) is 4.58. The molecule has 0 radical (unpaired) electrons. The number of ketones is 1. The Morgan fingerprint density at radius 2 is 1.65 bits per heavy atom. The molecule has 1 aromatic carbocycles. The van der Waals surface area contributed by atoms with Gasteiger partial charge in [-0.15, -0.1) is 0 Å². The first-order chi connectivity index (χ1) is 14.2. The molecule has 1 aromatic rings. The Bertz CT molecular complexity index is 767. The Labute approximate surface area is 186 Å². The molecule has 1 aliphatic rings. The Balaban J connectivity index is 2.13. The average Bonchev–Trinajstić information content (AvgIpc) is 2.65. The third kappa shape index (κ3) is 5.80. The molecule has 1 saturated heterocycles. The second kappa shape index (κ2) is 9.48. The molecule has 0 spiro atoms. The molecular formula is C23H37NO6Si. The zero-order chi connectivity index (χ0) is 23.6. The summed E-state index contributed by atoms with van der Waals surface area (Å²) in [5.41, 5.74) is 0.445. The number of hydrogen-bond acceptors (Lipinski definition) is 6. The number of Topliss-reactive ketones (excluding diaryl/α,β-unsaturated/α-hetero) is 1. The van der Waals surface area contributed by atoms with Crippen LogP contribution in [0.1, 0.15) is 85.8 Å². The molecule has 1 aliphatic heterocycles. The van der Waals surface area contributed by atoms with Crippen molar-refractivity contribution in [2.75, 3.05) is 0 Å². The number of aliphatic hydroxyl groups excluding tert-OH is 1. The lowest BCUT2D eigenvalue weighted by molar-refractivity contribution is -0.384. The molecule has 0 saturated carbocycles. The summed E-state index contributed by atoms with van der Waals surface area (Å²) in [6.07, 6.45) is 0.524. The molecule has 31 heavy (non-hydrogen) atoms. The van der Waals surface area contributed by atoms with E-state index in [2.05, 4.69) is 48.5 Å². The van der Waals surface area contributed by atoms with E-state index >= 15 is 0 Å². The van der Waals surface area contributed by atoms with E-state index in [1.807, 2.05) is 0 Å². The number of carbonyl (C=O) groups is 1. The molecule has 1 N–H and O–H groups in total. The lowest BCUT2D eigenvalue weighted by Crippen LogP contribution is -2.63. The van der Waals surface area contributed by atoms with Crippen molar-refractivity contribution in [1.82, 2.24) is 0 Å². The summed E-state index contributed by atoms with van der Waals surface area (Å²) in [5.74, 6) is -0.0849. The minimum atomic E-state index is -2.70. The number of hydrogen-bond donors (Lipinski definition) is 1. The quantitative estimate of drug-likeness (QED) is 0.329. The molecule has 7 nitrogen and oxygen atoms in total. The Hall–Kier alpha value is -1.61. The number of benzene rings is 1. The van der Waals surface area contributed by atoms with E-state index in [0.717, 1.165) is 6.42 Å². The minimum Gasteiger partial charge on any atom is -0.390 e. The third-order valence-corrected chi connectivity index (χ3v) is 11.3. The van der Waals surface area contributed by atoms with Crippen molar-refractivity contribution in [3.05, 3.63) is 39.9 Å². The maximum Gasteiger partial charge on any atom is 0.349 e. The maximum absolute atomic E-state index is 12.8. The average molecular weight is 452 g/mol. The minimum absolute atomic E-state index is 0.0467. The van der Waals surface area contributed by atoms with Gasteiger partial charge in [-0.3, -0.25) is 14.9 Å². The predicted molar refractivity (Wildman–Crippen MR) is 122 cm³/mol. The summed E-state index contributed by atoms with van der Waals surface area (Å²) >= 11 is 0. The van der Waals surface area contributed by atoms with E-state index in [1.165, 1.54) is 24.3 Å². The highest BCUT2D eigenvalue weighted by molar-refractivity contribution is 6.73. The van der Waals surface area contributed by atoms with E-state index in [9.17, 15) is 20.0 Å². The Morgan fingerprint density at radius 3 is 2.10 bits per heavy atom. The van der Waals surface area contributed by atoms with Crippen LogP contribution in [0, 0.1) is 10.1 Å². The number of non-ortho nitro benzene ring substituents is 1. The normalized spacial score (nSPS) is 22.7. The van der Waals surface area contributed by atoms with Crippen LogP contribution in [0.5, 0.6) is 0 Å². The molecule has 1 fully saturated rings. The topological polar surface area (TPSA) is 98.9 Å². The van der Waals surface area contributed by atoms with Crippen molar-refractivity contribution in [1.29, 1.82) is 0 Å². The van der Waals surface area contributed by atoms with Crippen LogP contribution in [0.25, 0.3) is 0 Å². The first-order valence-electron chi connectivity index (χ1n) is 11.0. The van der Waals surface area contributed by atoms with Gasteiger partial charge >= 0.3 is 8.56 Å². The molecule has 0 amide bonds. The number of carbonyl (C=O) groups excluding carboxylic acids is 1. The highest BCUT2D eigenvalue weighted by Crippen LogP contribution is 2.55. The molecule has 174 valence electrons. The van der Waals surface area contributed by atoms with Gasteiger partial charge in [0, 0.05) is 41.2 Å². The van der Waals surface area contributed by atoms with Gasteiger partial charge in [-0.2, -0.15) is 0 Å². The van der Waals surface area contributed by atoms with Crippen LogP contribution in [0.4, 0.5) is 5.69 Å². The summed E-state index contributed by atoms with van der Waals surface area (Å²) in [4.78, 5) is 23.1. The van der Waals surface area contributed by atoms with Crippen molar-refractivity contribution in [3.63, 3.8) is 0 Å². The first kappa shape index (κ1) is 25.6. The summed E-state index contributed by atoms with van der Waals surface area (Å²) in [6, 6.07) is 5.66. The smallest absolute Gasteiger partial charge is 0.349 e. The fourth-order valence-corrected chi connectivity index (χ4v) is 9.68. The van der Waals surface area contributed by atoms with Crippen LogP contribution in [0.3, 0.4) is 0 Å². The van der Waals surface area contributed by atoms with Crippen LogP contribution in [0.15, 0.2) is 24.3 Å². The summed E-state index contributed by atoms with van der Waals surface area (Å²) < 4.78 is 13.3. The molecular weight excluding hydrogens is 414 g/mol. The first-order valence-corrected chi connectivity index (χ1v) is 12.8. The van der Waals surface area contributed by atoms with Gasteiger partial charge in [-0.1, -0.05) is 48.5 Å². The largest absolute Gasteiger partial charge is 0.390 e.